The number of ether oxygens (including phenoxy) is 1. The molecule has 0 bridgehead atoms. The van der Waals surface area contributed by atoms with Gasteiger partial charge >= 0.3 is 5.97 Å². The lowest BCUT2D eigenvalue weighted by atomic mass is 9.89. The Hall–Kier alpha value is -2.96. The number of carbonyl (C=O) groups excluding carboxylic acids is 2. The highest BCUT2D eigenvalue weighted by Gasteiger charge is 2.41. The van der Waals surface area contributed by atoms with Crippen LogP contribution >= 0.6 is 0 Å². The number of pyridine rings is 1. The molecule has 4 rings (SSSR count). The fraction of sp³-hybridized carbons (Fsp3) is 0.350. The Morgan fingerprint density at radius 2 is 2.00 bits per heavy atom. The van der Waals surface area contributed by atoms with E-state index in [-0.39, 0.29) is 30.2 Å². The molecule has 7 heteroatoms. The number of hydrogen-bond acceptors (Lipinski definition) is 5. The van der Waals surface area contributed by atoms with Gasteiger partial charge in [0, 0.05) is 42.9 Å². The van der Waals surface area contributed by atoms with E-state index in [0.29, 0.717) is 12.1 Å². The minimum absolute atomic E-state index is 0.115. The van der Waals surface area contributed by atoms with Crippen molar-refractivity contribution in [1.82, 2.24) is 9.88 Å². The maximum Gasteiger partial charge on any atom is 0.311 e. The molecule has 1 amide bonds. The number of carbonyl (C=O) groups is 2. The molecule has 1 aromatic carbocycles. The van der Waals surface area contributed by atoms with E-state index in [1.807, 2.05) is 0 Å². The lowest BCUT2D eigenvalue weighted by molar-refractivity contribution is -0.145. The maximum absolute atomic E-state index is 13.3. The van der Waals surface area contributed by atoms with Gasteiger partial charge in [-0.25, -0.2) is 9.37 Å². The van der Waals surface area contributed by atoms with Crippen molar-refractivity contribution < 1.29 is 18.7 Å². The Balaban J connectivity index is 1.63. The van der Waals surface area contributed by atoms with Crippen molar-refractivity contribution in [1.29, 1.82) is 0 Å². The topological polar surface area (TPSA) is 71.5 Å². The molecule has 0 spiro atoms. The zero-order valence-corrected chi connectivity index (χ0v) is 14.9. The van der Waals surface area contributed by atoms with Crippen LogP contribution in [0.3, 0.4) is 0 Å². The van der Waals surface area contributed by atoms with Gasteiger partial charge in [-0.2, -0.15) is 0 Å². The second kappa shape index (κ2) is 6.98. The van der Waals surface area contributed by atoms with Crippen LogP contribution in [-0.4, -0.2) is 48.5 Å². The third-order valence-electron chi connectivity index (χ3n) is 5.36. The Morgan fingerprint density at radius 3 is 2.74 bits per heavy atom. The molecule has 0 radical (unpaired) electrons. The molecular formula is C20H20FN3O3. The normalized spacial score (nSPS) is 20.9. The third kappa shape index (κ3) is 3.13. The van der Waals surface area contributed by atoms with E-state index in [2.05, 4.69) is 10.3 Å². The highest BCUT2D eigenvalue weighted by atomic mass is 19.1. The number of aromatic nitrogens is 1. The average Bonchev–Trinajstić information content (AvgIpc) is 3.34. The fourth-order valence-electron chi connectivity index (χ4n) is 3.98. The van der Waals surface area contributed by atoms with Gasteiger partial charge in [0.05, 0.1) is 13.0 Å². The van der Waals surface area contributed by atoms with Gasteiger partial charge in [-0.1, -0.05) is 12.1 Å². The first-order chi connectivity index (χ1) is 13.1. The van der Waals surface area contributed by atoms with Gasteiger partial charge < -0.3 is 15.0 Å². The number of methoxy groups -OCH3 is 1. The van der Waals surface area contributed by atoms with E-state index < -0.39 is 5.92 Å². The molecule has 1 aromatic heterocycles. The summed E-state index contributed by atoms with van der Waals surface area (Å²) in [7, 11) is 1.34. The number of fused-ring (bicyclic) bond motifs is 1. The number of halogens is 1. The molecule has 27 heavy (non-hydrogen) atoms. The van der Waals surface area contributed by atoms with Crippen LogP contribution in [-0.2, 0) is 16.0 Å². The Labute approximate surface area is 156 Å². The van der Waals surface area contributed by atoms with Gasteiger partial charge in [0.25, 0.3) is 5.91 Å². The molecule has 6 nitrogen and oxygen atoms in total. The molecule has 2 atom stereocenters. The lowest BCUT2D eigenvalue weighted by Crippen LogP contribution is -2.30. The van der Waals surface area contributed by atoms with Crippen LogP contribution in [0.1, 0.15) is 27.4 Å². The number of nitrogens with zero attached hydrogens (tertiary/aromatic N) is 2. The van der Waals surface area contributed by atoms with Gasteiger partial charge in [-0.3, -0.25) is 9.59 Å². The van der Waals surface area contributed by atoms with Crippen molar-refractivity contribution >= 4 is 17.7 Å². The summed E-state index contributed by atoms with van der Waals surface area (Å²) in [5, 5.41) is 3.17. The van der Waals surface area contributed by atoms with E-state index in [1.54, 1.807) is 29.3 Å². The zero-order valence-electron chi connectivity index (χ0n) is 14.9. The molecule has 0 saturated carbocycles. The monoisotopic (exact) mass is 369 g/mol. The molecule has 1 N–H and O–H groups in total. The molecule has 0 unspecified atom stereocenters. The minimum atomic E-state index is -0.475. The number of amides is 1. The number of benzene rings is 1. The van der Waals surface area contributed by atoms with Crippen LogP contribution in [0.15, 0.2) is 36.5 Å². The van der Waals surface area contributed by atoms with E-state index in [1.165, 1.54) is 19.2 Å². The molecule has 0 aliphatic carbocycles. The summed E-state index contributed by atoms with van der Waals surface area (Å²) in [4.78, 5) is 31.4. The molecule has 3 heterocycles. The van der Waals surface area contributed by atoms with Crippen LogP contribution in [0.4, 0.5) is 10.2 Å². The first-order valence-electron chi connectivity index (χ1n) is 8.93. The predicted molar refractivity (Wildman–Crippen MR) is 97.0 cm³/mol. The van der Waals surface area contributed by atoms with Crippen molar-refractivity contribution in [2.45, 2.75) is 12.3 Å². The molecule has 2 aromatic rings. The largest absolute Gasteiger partial charge is 0.469 e. The van der Waals surface area contributed by atoms with Crippen molar-refractivity contribution in [2.75, 3.05) is 32.1 Å². The van der Waals surface area contributed by atoms with Gasteiger partial charge in [0.15, 0.2) is 0 Å². The smallest absolute Gasteiger partial charge is 0.311 e. The van der Waals surface area contributed by atoms with E-state index >= 15 is 0 Å². The SMILES string of the molecule is COC(=O)[C@@H]1CN(C(=O)c2ccnc3c2CCN3)C[C@H]1c1ccc(F)cc1. The lowest BCUT2D eigenvalue weighted by Gasteiger charge is -2.18. The molecular weight excluding hydrogens is 349 g/mol. The van der Waals surface area contributed by atoms with Crippen LogP contribution < -0.4 is 5.32 Å². The number of esters is 1. The zero-order chi connectivity index (χ0) is 19.0. The van der Waals surface area contributed by atoms with Gasteiger partial charge in [-0.15, -0.1) is 0 Å². The van der Waals surface area contributed by atoms with Gasteiger partial charge in [-0.05, 0) is 30.2 Å². The first kappa shape index (κ1) is 17.5. The van der Waals surface area contributed by atoms with Gasteiger partial charge in [0.2, 0.25) is 0 Å². The quantitative estimate of drug-likeness (QED) is 0.840. The second-order valence-corrected chi connectivity index (χ2v) is 6.86. The summed E-state index contributed by atoms with van der Waals surface area (Å²) in [6.45, 7) is 1.42. The summed E-state index contributed by atoms with van der Waals surface area (Å²) in [5.74, 6) is -0.761. The van der Waals surface area contributed by atoms with Crippen LogP contribution in [0, 0.1) is 11.7 Å². The number of anilines is 1. The highest BCUT2D eigenvalue weighted by molar-refractivity contribution is 5.97. The summed E-state index contributed by atoms with van der Waals surface area (Å²) in [6, 6.07) is 7.80. The summed E-state index contributed by atoms with van der Waals surface area (Å²) in [5.41, 5.74) is 2.36. The van der Waals surface area contributed by atoms with E-state index in [0.717, 1.165) is 29.9 Å². The molecule has 2 aliphatic heterocycles. The molecule has 1 fully saturated rings. The Kier molecular flexibility index (Phi) is 4.51. The van der Waals surface area contributed by atoms with Crippen LogP contribution in [0.2, 0.25) is 0 Å². The molecule has 2 aliphatic rings. The third-order valence-corrected chi connectivity index (χ3v) is 5.36. The molecule has 140 valence electrons. The average molecular weight is 369 g/mol. The summed E-state index contributed by atoms with van der Waals surface area (Å²) >= 11 is 0. The maximum atomic E-state index is 13.3. The van der Waals surface area contributed by atoms with Gasteiger partial charge in [0.1, 0.15) is 11.6 Å². The fourth-order valence-corrected chi connectivity index (χ4v) is 3.98. The predicted octanol–water partition coefficient (Wildman–Crippen LogP) is 2.22. The highest BCUT2D eigenvalue weighted by Crippen LogP contribution is 2.35. The standard InChI is InChI=1S/C20H20FN3O3/c1-27-20(26)17-11-24(10-16(17)12-2-4-13(21)5-3-12)19(25)15-7-9-23-18-14(15)6-8-22-18/h2-5,7,9,16-17H,6,8,10-11H2,1H3,(H,22,23)/t16-,17+/m0/s1. The minimum Gasteiger partial charge on any atom is -0.469 e. The summed E-state index contributed by atoms with van der Waals surface area (Å²) in [6.07, 6.45) is 2.37. The van der Waals surface area contributed by atoms with Crippen molar-refractivity contribution in [3.05, 3.63) is 59.0 Å². The number of likely N-dealkylation sites (tertiary alicyclic amines) is 1. The Morgan fingerprint density at radius 1 is 1.22 bits per heavy atom. The van der Waals surface area contributed by atoms with E-state index in [9.17, 15) is 14.0 Å². The molecule has 1 saturated heterocycles. The number of hydrogen-bond donors (Lipinski definition) is 1. The van der Waals surface area contributed by atoms with E-state index in [4.69, 9.17) is 4.74 Å². The van der Waals surface area contributed by atoms with Crippen LogP contribution in [0.25, 0.3) is 0 Å². The van der Waals surface area contributed by atoms with Crippen LogP contribution in [0.5, 0.6) is 0 Å². The summed E-state index contributed by atoms with van der Waals surface area (Å²) < 4.78 is 18.2. The Bertz CT molecular complexity index is 885. The van der Waals surface area contributed by atoms with Crippen molar-refractivity contribution in [3.63, 3.8) is 0 Å². The number of rotatable bonds is 3. The first-order valence-corrected chi connectivity index (χ1v) is 8.93. The van der Waals surface area contributed by atoms with Crippen molar-refractivity contribution in [3.8, 4) is 0 Å². The van der Waals surface area contributed by atoms with Crippen molar-refractivity contribution in [2.24, 2.45) is 5.92 Å². The number of nitrogens with one attached hydrogen (secondary N) is 1. The second-order valence-electron chi connectivity index (χ2n) is 6.86.